The van der Waals surface area contributed by atoms with Crippen LogP contribution in [0, 0.1) is 17.2 Å². The van der Waals surface area contributed by atoms with Crippen molar-refractivity contribution in [3.05, 3.63) is 76.9 Å². The monoisotopic (exact) mass is 454 g/mol. The fourth-order valence-electron chi connectivity index (χ4n) is 5.30. The molecule has 1 N–H and O–H groups in total. The molecule has 0 unspecified atom stereocenters. The molecule has 0 atom stereocenters. The molecule has 2 fully saturated rings. The number of rotatable bonds is 7. The minimum Gasteiger partial charge on any atom is -0.489 e. The lowest BCUT2D eigenvalue weighted by atomic mass is 9.82. The first-order valence-corrected chi connectivity index (χ1v) is 12.2. The summed E-state index contributed by atoms with van der Waals surface area (Å²) in [6, 6.07) is 21.1. The summed E-state index contributed by atoms with van der Waals surface area (Å²) in [4.78, 5) is 13.1. The molecule has 5 rings (SSSR count). The van der Waals surface area contributed by atoms with E-state index in [-0.39, 0.29) is 5.92 Å². The van der Waals surface area contributed by atoms with E-state index < -0.39 is 5.97 Å². The molecule has 3 aromatic carbocycles. The quantitative estimate of drug-likeness (QED) is 0.484. The molecule has 34 heavy (non-hydrogen) atoms. The minimum absolute atomic E-state index is 0.229. The molecule has 174 valence electrons. The number of carbonyl (C=O) groups is 1. The van der Waals surface area contributed by atoms with Gasteiger partial charge in [0.15, 0.2) is 0 Å². The van der Waals surface area contributed by atoms with Crippen LogP contribution in [-0.4, -0.2) is 29.1 Å². The van der Waals surface area contributed by atoms with E-state index in [1.54, 1.807) is 0 Å². The Balaban J connectivity index is 1.22. The molecule has 0 aromatic heterocycles. The molecule has 1 aliphatic heterocycles. The molecule has 0 spiro atoms. The molecular formula is C29H30N2O3. The SMILES string of the molecule is N#Cc1cc(COc2ccc3cc(CN4CC(C(=O)O)C4)ccc3c2)ccc1C1CCCCC1. The summed E-state index contributed by atoms with van der Waals surface area (Å²) in [5, 5.41) is 21.0. The Morgan fingerprint density at radius 2 is 1.71 bits per heavy atom. The van der Waals surface area contributed by atoms with Crippen LogP contribution in [-0.2, 0) is 17.9 Å². The lowest BCUT2D eigenvalue weighted by molar-refractivity contribution is -0.147. The van der Waals surface area contributed by atoms with Crippen LogP contribution in [0.3, 0.4) is 0 Å². The maximum absolute atomic E-state index is 11.0. The van der Waals surface area contributed by atoms with E-state index >= 15 is 0 Å². The van der Waals surface area contributed by atoms with Gasteiger partial charge in [0.05, 0.1) is 17.6 Å². The van der Waals surface area contributed by atoms with Gasteiger partial charge in [0.1, 0.15) is 12.4 Å². The number of hydrogen-bond donors (Lipinski definition) is 1. The molecule has 3 aromatic rings. The van der Waals surface area contributed by atoms with Crippen LogP contribution in [0.5, 0.6) is 5.75 Å². The summed E-state index contributed by atoms with van der Waals surface area (Å²) < 4.78 is 6.07. The molecule has 1 saturated heterocycles. The third kappa shape index (κ3) is 4.93. The number of carboxylic acid groups (broad SMARTS) is 1. The zero-order valence-electron chi connectivity index (χ0n) is 19.4. The smallest absolute Gasteiger partial charge is 0.309 e. The van der Waals surface area contributed by atoms with Gasteiger partial charge in [0.25, 0.3) is 0 Å². The fourth-order valence-corrected chi connectivity index (χ4v) is 5.30. The van der Waals surface area contributed by atoms with Crippen LogP contribution in [0.1, 0.15) is 60.3 Å². The van der Waals surface area contributed by atoms with Crippen LogP contribution in [0.2, 0.25) is 0 Å². The molecule has 0 bridgehead atoms. The number of nitrogens with zero attached hydrogens (tertiary/aromatic N) is 2. The lowest BCUT2D eigenvalue weighted by Crippen LogP contribution is -2.49. The minimum atomic E-state index is -0.702. The van der Waals surface area contributed by atoms with Gasteiger partial charge in [-0.05, 0) is 70.5 Å². The second kappa shape index (κ2) is 9.87. The van der Waals surface area contributed by atoms with Crippen molar-refractivity contribution in [3.8, 4) is 11.8 Å². The maximum atomic E-state index is 11.0. The van der Waals surface area contributed by atoms with E-state index in [2.05, 4.69) is 47.4 Å². The molecule has 5 heteroatoms. The van der Waals surface area contributed by atoms with E-state index in [4.69, 9.17) is 9.84 Å². The van der Waals surface area contributed by atoms with Gasteiger partial charge in [-0.2, -0.15) is 5.26 Å². The number of carboxylic acids is 1. The lowest BCUT2D eigenvalue weighted by Gasteiger charge is -2.36. The predicted octanol–water partition coefficient (Wildman–Crippen LogP) is 5.85. The Morgan fingerprint density at radius 3 is 2.47 bits per heavy atom. The van der Waals surface area contributed by atoms with E-state index in [0.29, 0.717) is 25.6 Å². The van der Waals surface area contributed by atoms with Gasteiger partial charge in [0, 0.05) is 19.6 Å². The summed E-state index contributed by atoms with van der Waals surface area (Å²) >= 11 is 0. The van der Waals surface area contributed by atoms with Crippen molar-refractivity contribution in [2.45, 2.75) is 51.2 Å². The van der Waals surface area contributed by atoms with Gasteiger partial charge in [0.2, 0.25) is 0 Å². The van der Waals surface area contributed by atoms with Gasteiger partial charge in [-0.15, -0.1) is 0 Å². The molecule has 1 heterocycles. The first kappa shape index (κ1) is 22.4. The van der Waals surface area contributed by atoms with Crippen molar-refractivity contribution in [3.63, 3.8) is 0 Å². The number of nitriles is 1. The van der Waals surface area contributed by atoms with E-state index in [9.17, 15) is 10.1 Å². The first-order valence-electron chi connectivity index (χ1n) is 12.2. The van der Waals surface area contributed by atoms with Crippen LogP contribution in [0.15, 0.2) is 54.6 Å². The van der Waals surface area contributed by atoms with Crippen molar-refractivity contribution in [2.75, 3.05) is 13.1 Å². The number of likely N-dealkylation sites (tertiary alicyclic amines) is 1. The molecule has 0 radical (unpaired) electrons. The molecule has 1 saturated carbocycles. The molecule has 2 aliphatic rings. The zero-order chi connectivity index (χ0) is 23.5. The second-order valence-corrected chi connectivity index (χ2v) is 9.73. The summed E-state index contributed by atoms with van der Waals surface area (Å²) in [5.74, 6) is 0.393. The van der Waals surface area contributed by atoms with Gasteiger partial charge < -0.3 is 9.84 Å². The maximum Gasteiger partial charge on any atom is 0.309 e. The normalized spacial score (nSPS) is 17.3. The zero-order valence-corrected chi connectivity index (χ0v) is 19.4. The number of benzene rings is 3. The highest BCUT2D eigenvalue weighted by molar-refractivity contribution is 5.84. The van der Waals surface area contributed by atoms with Crippen molar-refractivity contribution >= 4 is 16.7 Å². The largest absolute Gasteiger partial charge is 0.489 e. The Kier molecular flexibility index (Phi) is 6.51. The van der Waals surface area contributed by atoms with Gasteiger partial charge in [-0.25, -0.2) is 0 Å². The van der Waals surface area contributed by atoms with Gasteiger partial charge >= 0.3 is 5.97 Å². The highest BCUT2D eigenvalue weighted by atomic mass is 16.5. The van der Waals surface area contributed by atoms with Crippen molar-refractivity contribution in [1.82, 2.24) is 4.90 Å². The van der Waals surface area contributed by atoms with E-state index in [1.807, 2.05) is 18.2 Å². The van der Waals surface area contributed by atoms with Gasteiger partial charge in [-0.3, -0.25) is 9.69 Å². The van der Waals surface area contributed by atoms with Crippen molar-refractivity contribution in [2.24, 2.45) is 5.92 Å². The Labute approximate surface area is 200 Å². The summed E-state index contributed by atoms with van der Waals surface area (Å²) in [6.07, 6.45) is 6.19. The third-order valence-corrected chi connectivity index (χ3v) is 7.28. The fraction of sp³-hybridized carbons (Fsp3) is 0.379. The highest BCUT2D eigenvalue weighted by Gasteiger charge is 2.32. The molecular weight excluding hydrogens is 424 g/mol. The third-order valence-electron chi connectivity index (χ3n) is 7.28. The van der Waals surface area contributed by atoms with Crippen LogP contribution < -0.4 is 4.74 Å². The summed E-state index contributed by atoms with van der Waals surface area (Å²) in [5.41, 5.74) is 4.19. The second-order valence-electron chi connectivity index (χ2n) is 9.73. The predicted molar refractivity (Wildman–Crippen MR) is 132 cm³/mol. The van der Waals surface area contributed by atoms with Crippen LogP contribution in [0.4, 0.5) is 0 Å². The highest BCUT2D eigenvalue weighted by Crippen LogP contribution is 2.34. The number of aliphatic carboxylic acids is 1. The molecule has 0 amide bonds. The Bertz CT molecular complexity index is 1230. The number of hydrogen-bond acceptors (Lipinski definition) is 4. The number of ether oxygens (including phenoxy) is 1. The van der Waals surface area contributed by atoms with Crippen LogP contribution >= 0.6 is 0 Å². The average Bonchev–Trinajstić information content (AvgIpc) is 2.84. The van der Waals surface area contributed by atoms with E-state index in [1.165, 1.54) is 43.2 Å². The van der Waals surface area contributed by atoms with Crippen molar-refractivity contribution < 1.29 is 14.6 Å². The molecule has 1 aliphatic carbocycles. The Hall–Kier alpha value is -3.36. The Morgan fingerprint density at radius 1 is 0.971 bits per heavy atom. The topological polar surface area (TPSA) is 73.6 Å². The first-order chi connectivity index (χ1) is 16.6. The average molecular weight is 455 g/mol. The van der Waals surface area contributed by atoms with Crippen molar-refractivity contribution in [1.29, 1.82) is 5.26 Å². The van der Waals surface area contributed by atoms with Crippen LogP contribution in [0.25, 0.3) is 10.8 Å². The number of fused-ring (bicyclic) bond motifs is 1. The standard InChI is InChI=1S/C29H30N2O3/c30-15-25-13-21(7-11-28(25)22-4-2-1-3-5-22)19-34-27-10-9-23-12-20(6-8-24(23)14-27)16-31-17-26(18-31)29(32)33/h6-14,22,26H,1-5,16-19H2,(H,32,33). The van der Waals surface area contributed by atoms with Gasteiger partial charge in [-0.1, -0.05) is 49.6 Å². The molecule has 5 nitrogen and oxygen atoms in total. The summed E-state index contributed by atoms with van der Waals surface area (Å²) in [7, 11) is 0. The summed E-state index contributed by atoms with van der Waals surface area (Å²) in [6.45, 7) is 2.45. The van der Waals surface area contributed by atoms with E-state index in [0.717, 1.165) is 34.2 Å².